The van der Waals surface area contributed by atoms with Crippen molar-refractivity contribution in [3.05, 3.63) is 0 Å². The van der Waals surface area contributed by atoms with E-state index < -0.39 is 0 Å². The first-order chi connectivity index (χ1) is 15.7. The second kappa shape index (κ2) is 10.3. The third-order valence-electron chi connectivity index (χ3n) is 9.48. The van der Waals surface area contributed by atoms with Gasteiger partial charge in [-0.1, -0.05) is 27.7 Å². The van der Waals surface area contributed by atoms with Gasteiger partial charge in [0.25, 0.3) is 0 Å². The van der Waals surface area contributed by atoms with Crippen LogP contribution in [-0.4, -0.2) is 72.3 Å². The molecule has 0 aromatic heterocycles. The van der Waals surface area contributed by atoms with Gasteiger partial charge in [0.15, 0.2) is 0 Å². The Morgan fingerprint density at radius 2 is 1.33 bits per heavy atom. The molecule has 188 valence electrons. The summed E-state index contributed by atoms with van der Waals surface area (Å²) in [6.45, 7) is 15.5. The van der Waals surface area contributed by atoms with Crippen LogP contribution in [-0.2, 0) is 9.59 Å². The van der Waals surface area contributed by atoms with Crippen molar-refractivity contribution in [2.75, 3.05) is 45.8 Å². The summed E-state index contributed by atoms with van der Waals surface area (Å²) in [4.78, 5) is 32.5. The molecule has 0 aromatic carbocycles. The van der Waals surface area contributed by atoms with Gasteiger partial charge in [-0.2, -0.15) is 0 Å². The molecular weight excluding hydrogens is 410 g/mol. The molecule has 5 heteroatoms. The van der Waals surface area contributed by atoms with Gasteiger partial charge in [0.1, 0.15) is 0 Å². The predicted octanol–water partition coefficient (Wildman–Crippen LogP) is 4.80. The first-order valence-corrected chi connectivity index (χ1v) is 14.0. The summed E-state index contributed by atoms with van der Waals surface area (Å²) in [7, 11) is 0. The molecule has 2 aliphatic heterocycles. The van der Waals surface area contributed by atoms with E-state index in [0.29, 0.717) is 23.1 Å². The summed E-state index contributed by atoms with van der Waals surface area (Å²) < 4.78 is 0. The van der Waals surface area contributed by atoms with Crippen molar-refractivity contribution in [1.82, 2.24) is 14.7 Å². The molecule has 4 rings (SSSR count). The quantitative estimate of drug-likeness (QED) is 0.609. The summed E-state index contributed by atoms with van der Waals surface area (Å²) >= 11 is 0. The number of piperidine rings is 1. The molecule has 2 amide bonds. The van der Waals surface area contributed by atoms with E-state index in [2.05, 4.69) is 21.6 Å². The summed E-state index contributed by atoms with van der Waals surface area (Å²) in [5.74, 6) is 2.68. The molecule has 0 unspecified atom stereocenters. The van der Waals surface area contributed by atoms with Crippen LogP contribution in [0.15, 0.2) is 0 Å². The molecule has 0 N–H and O–H groups in total. The van der Waals surface area contributed by atoms with Crippen molar-refractivity contribution in [1.29, 1.82) is 0 Å². The number of likely N-dealkylation sites (tertiary alicyclic amines) is 1. The van der Waals surface area contributed by atoms with Gasteiger partial charge in [-0.3, -0.25) is 14.5 Å². The maximum atomic E-state index is 12.9. The Labute approximate surface area is 202 Å². The highest BCUT2D eigenvalue weighted by atomic mass is 16.2. The van der Waals surface area contributed by atoms with Gasteiger partial charge in [-0.15, -0.1) is 0 Å². The number of carbonyl (C=O) groups is 2. The monoisotopic (exact) mass is 459 g/mol. The molecule has 33 heavy (non-hydrogen) atoms. The lowest BCUT2D eigenvalue weighted by Crippen LogP contribution is -2.52. The number of piperazine rings is 1. The first-order valence-electron chi connectivity index (χ1n) is 14.0. The van der Waals surface area contributed by atoms with Crippen molar-refractivity contribution in [2.24, 2.45) is 28.6 Å². The molecule has 2 aliphatic carbocycles. The van der Waals surface area contributed by atoms with Crippen molar-refractivity contribution in [3.8, 4) is 0 Å². The number of amides is 2. The predicted molar refractivity (Wildman–Crippen MR) is 134 cm³/mol. The molecule has 2 saturated carbocycles. The third kappa shape index (κ3) is 6.13. The summed E-state index contributed by atoms with van der Waals surface area (Å²) in [6.07, 6.45) is 12.4. The number of rotatable bonds is 3. The Morgan fingerprint density at radius 3 is 1.88 bits per heavy atom. The van der Waals surface area contributed by atoms with E-state index in [-0.39, 0.29) is 5.41 Å². The number of hydrogen-bond donors (Lipinski definition) is 0. The van der Waals surface area contributed by atoms with Crippen LogP contribution in [0.4, 0.5) is 0 Å². The van der Waals surface area contributed by atoms with Gasteiger partial charge in [-0.25, -0.2) is 0 Å². The molecule has 2 heterocycles. The Balaban J connectivity index is 1.16. The van der Waals surface area contributed by atoms with Gasteiger partial charge in [0.05, 0.1) is 0 Å². The lowest BCUT2D eigenvalue weighted by Gasteiger charge is -2.47. The van der Waals surface area contributed by atoms with Crippen LogP contribution >= 0.6 is 0 Å². The van der Waals surface area contributed by atoms with E-state index in [1.807, 2.05) is 20.8 Å². The summed E-state index contributed by atoms with van der Waals surface area (Å²) in [5, 5.41) is 0. The van der Waals surface area contributed by atoms with Crippen LogP contribution in [0.3, 0.4) is 0 Å². The Morgan fingerprint density at radius 1 is 0.758 bits per heavy atom. The van der Waals surface area contributed by atoms with Crippen molar-refractivity contribution in [3.63, 3.8) is 0 Å². The fourth-order valence-corrected chi connectivity index (χ4v) is 6.91. The Bertz CT molecular complexity index is 666. The molecular formula is C28H49N3O2. The van der Waals surface area contributed by atoms with Crippen molar-refractivity contribution in [2.45, 2.75) is 91.9 Å². The molecule has 4 aliphatic rings. The zero-order valence-corrected chi connectivity index (χ0v) is 21.9. The van der Waals surface area contributed by atoms with E-state index in [9.17, 15) is 9.59 Å². The van der Waals surface area contributed by atoms with Crippen molar-refractivity contribution >= 4 is 11.8 Å². The standard InChI is InChI=1S/C28H49N3O2/c1-22-5-7-24(8-6-22)25(32)30-19-17-29(18-20-30)21-23-9-11-28(12-10-23)13-15-31(16-14-28)26(33)27(2,3)4/h22-24H,5-21H2,1-4H3. The van der Waals surface area contributed by atoms with E-state index in [4.69, 9.17) is 0 Å². The normalized spacial score (nSPS) is 29.9. The van der Waals surface area contributed by atoms with Gasteiger partial charge < -0.3 is 9.80 Å². The fourth-order valence-electron chi connectivity index (χ4n) is 6.91. The second-order valence-electron chi connectivity index (χ2n) is 13.1. The van der Waals surface area contributed by atoms with Crippen LogP contribution in [0.5, 0.6) is 0 Å². The first kappa shape index (κ1) is 25.0. The molecule has 4 fully saturated rings. The summed E-state index contributed by atoms with van der Waals surface area (Å²) in [6, 6.07) is 0. The highest BCUT2D eigenvalue weighted by Crippen LogP contribution is 2.46. The van der Waals surface area contributed by atoms with E-state index in [1.54, 1.807) is 0 Å². The van der Waals surface area contributed by atoms with E-state index >= 15 is 0 Å². The van der Waals surface area contributed by atoms with Crippen molar-refractivity contribution < 1.29 is 9.59 Å². The average molecular weight is 460 g/mol. The van der Waals surface area contributed by atoms with Crippen LogP contribution in [0.25, 0.3) is 0 Å². The second-order valence-corrected chi connectivity index (χ2v) is 13.1. The van der Waals surface area contributed by atoms with Gasteiger partial charge in [-0.05, 0) is 81.5 Å². The maximum Gasteiger partial charge on any atom is 0.227 e. The fraction of sp³-hybridized carbons (Fsp3) is 0.929. The number of nitrogens with zero attached hydrogens (tertiary/aromatic N) is 3. The van der Waals surface area contributed by atoms with Crippen LogP contribution in [0.1, 0.15) is 91.9 Å². The van der Waals surface area contributed by atoms with Gasteiger partial charge in [0.2, 0.25) is 11.8 Å². The minimum absolute atomic E-state index is 0.258. The average Bonchev–Trinajstić information content (AvgIpc) is 2.81. The van der Waals surface area contributed by atoms with Gasteiger partial charge >= 0.3 is 0 Å². The minimum Gasteiger partial charge on any atom is -0.342 e. The van der Waals surface area contributed by atoms with Crippen LogP contribution < -0.4 is 0 Å². The molecule has 0 atom stereocenters. The Hall–Kier alpha value is -1.10. The van der Waals surface area contributed by atoms with Crippen LogP contribution in [0.2, 0.25) is 0 Å². The smallest absolute Gasteiger partial charge is 0.227 e. The molecule has 5 nitrogen and oxygen atoms in total. The SMILES string of the molecule is CC1CCC(C(=O)N2CCN(CC3CCC4(CC3)CCN(C(=O)C(C)(C)C)CC4)CC2)CC1. The lowest BCUT2D eigenvalue weighted by molar-refractivity contribution is -0.142. The molecule has 0 bridgehead atoms. The highest BCUT2D eigenvalue weighted by molar-refractivity contribution is 5.81. The number of hydrogen-bond acceptors (Lipinski definition) is 3. The zero-order valence-electron chi connectivity index (χ0n) is 21.9. The summed E-state index contributed by atoms with van der Waals surface area (Å²) in [5.41, 5.74) is 0.236. The molecule has 0 aromatic rings. The Kier molecular flexibility index (Phi) is 7.77. The number of carbonyl (C=O) groups excluding carboxylic acids is 2. The topological polar surface area (TPSA) is 43.9 Å². The third-order valence-corrected chi connectivity index (χ3v) is 9.48. The van der Waals surface area contributed by atoms with Gasteiger partial charge in [0, 0.05) is 57.1 Å². The van der Waals surface area contributed by atoms with E-state index in [0.717, 1.165) is 63.9 Å². The highest BCUT2D eigenvalue weighted by Gasteiger charge is 2.41. The minimum atomic E-state index is -0.258. The largest absolute Gasteiger partial charge is 0.342 e. The molecule has 2 saturated heterocycles. The zero-order chi connectivity index (χ0) is 23.6. The molecule has 0 radical (unpaired) electrons. The maximum absolute atomic E-state index is 12.9. The van der Waals surface area contributed by atoms with Crippen LogP contribution in [0, 0.1) is 28.6 Å². The lowest BCUT2D eigenvalue weighted by atomic mass is 9.65. The van der Waals surface area contributed by atoms with E-state index in [1.165, 1.54) is 57.9 Å². The molecule has 1 spiro atoms.